The van der Waals surface area contributed by atoms with Crippen LogP contribution in [-0.2, 0) is 6.61 Å². The average Bonchev–Trinajstić information content (AvgIpc) is 2.48. The van der Waals surface area contributed by atoms with E-state index in [9.17, 15) is 9.18 Å². The molecule has 3 aromatic rings. The summed E-state index contributed by atoms with van der Waals surface area (Å²) in [5.41, 5.74) is 0.882. The quantitative estimate of drug-likeness (QED) is 0.613. The number of ether oxygens (including phenoxy) is 1. The fraction of sp³-hybridized carbons (Fsp3) is 0.118. The molecule has 0 radical (unpaired) electrons. The van der Waals surface area contributed by atoms with Crippen molar-refractivity contribution in [3.8, 4) is 5.75 Å². The minimum Gasteiger partial charge on any atom is -0.487 e. The van der Waals surface area contributed by atoms with Gasteiger partial charge in [0.1, 0.15) is 23.8 Å². The van der Waals surface area contributed by atoms with E-state index in [4.69, 9.17) is 32.4 Å². The van der Waals surface area contributed by atoms with Gasteiger partial charge in [0.15, 0.2) is 0 Å². The number of rotatable bonds is 3. The average molecular weight is 353 g/mol. The molecule has 0 aliphatic heterocycles. The summed E-state index contributed by atoms with van der Waals surface area (Å²) >= 11 is 12.1. The Morgan fingerprint density at radius 2 is 1.96 bits per heavy atom. The van der Waals surface area contributed by atoms with Crippen molar-refractivity contribution in [2.24, 2.45) is 0 Å². The van der Waals surface area contributed by atoms with Gasteiger partial charge in [0.25, 0.3) is 0 Å². The smallest absolute Gasteiger partial charge is 0.336 e. The molecule has 0 amide bonds. The lowest BCUT2D eigenvalue weighted by molar-refractivity contribution is 0.300. The molecule has 0 aliphatic rings. The Hall–Kier alpha value is -2.04. The normalized spacial score (nSPS) is 11.0. The van der Waals surface area contributed by atoms with Crippen molar-refractivity contribution in [3.63, 3.8) is 0 Å². The highest BCUT2D eigenvalue weighted by molar-refractivity contribution is 6.33. The lowest BCUT2D eigenvalue weighted by Crippen LogP contribution is -2.01. The highest BCUT2D eigenvalue weighted by Gasteiger charge is 2.12. The van der Waals surface area contributed by atoms with E-state index in [2.05, 4.69) is 0 Å². The molecule has 3 rings (SSSR count). The first kappa shape index (κ1) is 15.8. The van der Waals surface area contributed by atoms with E-state index in [0.717, 1.165) is 5.56 Å². The minimum atomic E-state index is -0.461. The van der Waals surface area contributed by atoms with Gasteiger partial charge < -0.3 is 9.15 Å². The SMILES string of the molecule is Cc1cc(=O)oc2cc(OCc3c(F)cccc3Cl)c(Cl)cc12. The number of halogens is 3. The minimum absolute atomic E-state index is 0.0905. The zero-order valence-electron chi connectivity index (χ0n) is 12.0. The number of hydrogen-bond acceptors (Lipinski definition) is 3. The molecule has 0 aliphatic carbocycles. The number of benzene rings is 2. The molecule has 118 valence electrons. The van der Waals surface area contributed by atoms with Crippen LogP contribution < -0.4 is 10.4 Å². The Kier molecular flexibility index (Phi) is 4.28. The highest BCUT2D eigenvalue weighted by atomic mass is 35.5. The summed E-state index contributed by atoms with van der Waals surface area (Å²) < 4.78 is 24.5. The Bertz CT molecular complexity index is 930. The van der Waals surface area contributed by atoms with Crippen molar-refractivity contribution >= 4 is 34.2 Å². The summed E-state index contributed by atoms with van der Waals surface area (Å²) in [6.07, 6.45) is 0. The molecule has 1 aromatic heterocycles. The maximum Gasteiger partial charge on any atom is 0.336 e. The molecule has 0 fully saturated rings. The van der Waals surface area contributed by atoms with Gasteiger partial charge in [0.05, 0.1) is 10.0 Å². The topological polar surface area (TPSA) is 39.4 Å². The van der Waals surface area contributed by atoms with Crippen LogP contribution in [0.1, 0.15) is 11.1 Å². The summed E-state index contributed by atoms with van der Waals surface area (Å²) in [5, 5.41) is 1.32. The Balaban J connectivity index is 1.97. The van der Waals surface area contributed by atoms with Crippen LogP contribution in [0.3, 0.4) is 0 Å². The maximum absolute atomic E-state index is 13.8. The van der Waals surface area contributed by atoms with E-state index >= 15 is 0 Å². The van der Waals surface area contributed by atoms with Crippen molar-refractivity contribution in [1.29, 1.82) is 0 Å². The number of fused-ring (bicyclic) bond motifs is 1. The van der Waals surface area contributed by atoms with Crippen LogP contribution >= 0.6 is 23.2 Å². The lowest BCUT2D eigenvalue weighted by Gasteiger charge is -2.11. The second-order valence-electron chi connectivity index (χ2n) is 5.02. The molecule has 1 heterocycles. The van der Waals surface area contributed by atoms with Gasteiger partial charge >= 0.3 is 5.63 Å². The van der Waals surface area contributed by atoms with Crippen LogP contribution in [0.15, 0.2) is 45.6 Å². The van der Waals surface area contributed by atoms with Crippen molar-refractivity contribution in [3.05, 3.63) is 73.8 Å². The predicted molar refractivity (Wildman–Crippen MR) is 88.0 cm³/mol. The third-order valence-corrected chi connectivity index (χ3v) is 4.09. The van der Waals surface area contributed by atoms with Gasteiger partial charge in [0.2, 0.25) is 0 Å². The van der Waals surface area contributed by atoms with Crippen LogP contribution in [0.4, 0.5) is 4.39 Å². The van der Waals surface area contributed by atoms with Crippen LogP contribution in [0, 0.1) is 12.7 Å². The first-order chi connectivity index (χ1) is 11.0. The molecule has 23 heavy (non-hydrogen) atoms. The molecular weight excluding hydrogens is 342 g/mol. The number of aryl methyl sites for hydroxylation is 1. The Morgan fingerprint density at radius 3 is 2.70 bits per heavy atom. The van der Waals surface area contributed by atoms with Gasteiger partial charge in [-0.3, -0.25) is 0 Å². The largest absolute Gasteiger partial charge is 0.487 e. The van der Waals surface area contributed by atoms with Crippen LogP contribution in [0.5, 0.6) is 5.75 Å². The molecule has 0 spiro atoms. The van der Waals surface area contributed by atoms with Gasteiger partial charge in [-0.1, -0.05) is 29.3 Å². The summed E-state index contributed by atoms with van der Waals surface area (Å²) in [7, 11) is 0. The standard InChI is InChI=1S/C17H11Cl2FO3/c1-9-5-17(21)23-15-7-16(13(19)6-10(9)15)22-8-11-12(18)3-2-4-14(11)20/h2-7H,8H2,1H3. The Morgan fingerprint density at radius 1 is 1.17 bits per heavy atom. The summed E-state index contributed by atoms with van der Waals surface area (Å²) in [5.74, 6) is -0.177. The molecule has 0 bridgehead atoms. The van der Waals surface area contributed by atoms with Crippen LogP contribution in [-0.4, -0.2) is 0 Å². The van der Waals surface area contributed by atoms with E-state index in [1.165, 1.54) is 24.3 Å². The molecule has 3 nitrogen and oxygen atoms in total. The van der Waals surface area contributed by atoms with Gasteiger partial charge in [-0.05, 0) is 30.7 Å². The van der Waals surface area contributed by atoms with Gasteiger partial charge in [-0.2, -0.15) is 0 Å². The van der Waals surface area contributed by atoms with Crippen LogP contribution in [0.25, 0.3) is 11.0 Å². The summed E-state index contributed by atoms with van der Waals surface area (Å²) in [6.45, 7) is 1.70. The van der Waals surface area contributed by atoms with Crippen LogP contribution in [0.2, 0.25) is 10.0 Å². The second kappa shape index (κ2) is 6.22. The van der Waals surface area contributed by atoms with Gasteiger partial charge in [0, 0.05) is 23.1 Å². The number of hydrogen-bond donors (Lipinski definition) is 0. The van der Waals surface area contributed by atoms with E-state index in [-0.39, 0.29) is 22.9 Å². The van der Waals surface area contributed by atoms with E-state index in [1.807, 2.05) is 0 Å². The van der Waals surface area contributed by atoms with Crippen molar-refractivity contribution < 1.29 is 13.5 Å². The highest BCUT2D eigenvalue weighted by Crippen LogP contribution is 2.32. The van der Waals surface area contributed by atoms with E-state index in [1.54, 1.807) is 19.1 Å². The molecule has 0 unspecified atom stereocenters. The molecule has 6 heteroatoms. The first-order valence-corrected chi connectivity index (χ1v) is 7.51. The summed E-state index contributed by atoms with van der Waals surface area (Å²) in [4.78, 5) is 11.5. The fourth-order valence-corrected chi connectivity index (χ4v) is 2.69. The predicted octanol–water partition coefficient (Wildman–Crippen LogP) is 5.13. The third kappa shape index (κ3) is 3.19. The molecule has 0 N–H and O–H groups in total. The molecular formula is C17H11Cl2FO3. The second-order valence-corrected chi connectivity index (χ2v) is 5.83. The van der Waals surface area contributed by atoms with Crippen molar-refractivity contribution in [1.82, 2.24) is 0 Å². The molecule has 0 saturated heterocycles. The maximum atomic E-state index is 13.8. The molecule has 0 saturated carbocycles. The Labute approximate surface area is 141 Å². The van der Waals surface area contributed by atoms with E-state index in [0.29, 0.717) is 16.0 Å². The zero-order chi connectivity index (χ0) is 16.6. The molecule has 2 aromatic carbocycles. The lowest BCUT2D eigenvalue weighted by atomic mass is 10.1. The van der Waals surface area contributed by atoms with Gasteiger partial charge in [-0.25, -0.2) is 9.18 Å². The third-order valence-electron chi connectivity index (χ3n) is 3.44. The van der Waals surface area contributed by atoms with E-state index < -0.39 is 11.4 Å². The molecule has 0 atom stereocenters. The van der Waals surface area contributed by atoms with Gasteiger partial charge in [-0.15, -0.1) is 0 Å². The van der Waals surface area contributed by atoms with Crippen molar-refractivity contribution in [2.75, 3.05) is 0 Å². The zero-order valence-corrected chi connectivity index (χ0v) is 13.5. The fourth-order valence-electron chi connectivity index (χ4n) is 2.25. The monoisotopic (exact) mass is 352 g/mol. The van der Waals surface area contributed by atoms with Crippen molar-refractivity contribution in [2.45, 2.75) is 13.5 Å². The summed E-state index contributed by atoms with van der Waals surface area (Å²) in [6, 6.07) is 8.94. The first-order valence-electron chi connectivity index (χ1n) is 6.75.